The quantitative estimate of drug-likeness (QED) is 0.399. The lowest BCUT2D eigenvalue weighted by atomic mass is 10.1. The van der Waals surface area contributed by atoms with Crippen LogP contribution in [0.3, 0.4) is 0 Å². The van der Waals surface area contributed by atoms with E-state index >= 15 is 0 Å². The summed E-state index contributed by atoms with van der Waals surface area (Å²) in [6.07, 6.45) is 1.79. The fraction of sp³-hybridized carbons (Fsp3) is 0.136. The molecule has 0 bridgehead atoms. The minimum absolute atomic E-state index is 0.0945. The molecule has 0 atom stereocenters. The molecule has 0 N–H and O–H groups in total. The van der Waals surface area contributed by atoms with E-state index in [-0.39, 0.29) is 12.3 Å². The zero-order valence-corrected chi connectivity index (χ0v) is 17.1. The van der Waals surface area contributed by atoms with Gasteiger partial charge in [0.25, 0.3) is 5.89 Å². The van der Waals surface area contributed by atoms with Crippen molar-refractivity contribution in [2.45, 2.75) is 6.54 Å². The first-order valence-corrected chi connectivity index (χ1v) is 9.47. The van der Waals surface area contributed by atoms with Gasteiger partial charge in [-0.3, -0.25) is 4.79 Å². The van der Waals surface area contributed by atoms with Gasteiger partial charge in [-0.15, -0.1) is 0 Å². The summed E-state index contributed by atoms with van der Waals surface area (Å²) in [6.45, 7) is 0.104. The smallest absolute Gasteiger partial charge is 0.274 e. The largest absolute Gasteiger partial charge is 0.493 e. The second-order valence-electron chi connectivity index (χ2n) is 6.45. The van der Waals surface area contributed by atoms with Crippen LogP contribution in [0.5, 0.6) is 11.5 Å². The second-order valence-corrected chi connectivity index (χ2v) is 6.88. The van der Waals surface area contributed by atoms with Gasteiger partial charge in [-0.1, -0.05) is 28.9 Å². The fourth-order valence-corrected chi connectivity index (χ4v) is 3.26. The molecule has 0 fully saturated rings. The summed E-state index contributed by atoms with van der Waals surface area (Å²) in [6, 6.07) is 15.9. The van der Waals surface area contributed by atoms with Crippen LogP contribution in [0.4, 0.5) is 0 Å². The van der Waals surface area contributed by atoms with Crippen LogP contribution in [-0.4, -0.2) is 34.7 Å². The van der Waals surface area contributed by atoms with E-state index in [2.05, 4.69) is 10.1 Å². The lowest BCUT2D eigenvalue weighted by molar-refractivity contribution is 0.0972. The van der Waals surface area contributed by atoms with Crippen molar-refractivity contribution in [2.75, 3.05) is 14.2 Å². The maximum Gasteiger partial charge on any atom is 0.274 e. The van der Waals surface area contributed by atoms with Crippen LogP contribution in [0.2, 0.25) is 5.02 Å². The summed E-state index contributed by atoms with van der Waals surface area (Å²) >= 11 is 6.04. The number of hydrogen-bond acceptors (Lipinski definition) is 6. The Labute approximate surface area is 177 Å². The molecular weight excluding hydrogens is 406 g/mol. The Morgan fingerprint density at radius 3 is 2.67 bits per heavy atom. The van der Waals surface area contributed by atoms with Crippen molar-refractivity contribution in [3.05, 3.63) is 71.4 Å². The van der Waals surface area contributed by atoms with Crippen LogP contribution in [-0.2, 0) is 6.54 Å². The number of benzene rings is 2. The van der Waals surface area contributed by atoms with Gasteiger partial charge < -0.3 is 18.6 Å². The van der Waals surface area contributed by atoms with Crippen LogP contribution in [0.1, 0.15) is 10.4 Å². The van der Waals surface area contributed by atoms with Crippen molar-refractivity contribution >= 4 is 17.4 Å². The number of Topliss-reactive ketones (excluding diaryl/α,β-unsaturated/α-hetero) is 1. The fourth-order valence-electron chi connectivity index (χ4n) is 3.07. The van der Waals surface area contributed by atoms with E-state index in [1.807, 2.05) is 24.3 Å². The Balaban J connectivity index is 1.58. The van der Waals surface area contributed by atoms with Gasteiger partial charge in [-0.25, -0.2) is 0 Å². The van der Waals surface area contributed by atoms with Crippen molar-refractivity contribution in [3.63, 3.8) is 0 Å². The SMILES string of the molecule is COc1ccc(C(=O)Cn2cccc2-c2nc(-c3cccc(Cl)c3)no2)cc1OC. The number of methoxy groups -OCH3 is 2. The second kappa shape index (κ2) is 8.42. The van der Waals surface area contributed by atoms with Crippen LogP contribution < -0.4 is 9.47 Å². The van der Waals surface area contributed by atoms with Crippen LogP contribution >= 0.6 is 11.6 Å². The molecule has 0 amide bonds. The standard InChI is InChI=1S/C22H18ClN3O4/c1-28-19-9-8-14(12-20(19)29-2)18(27)13-26-10-4-7-17(26)22-24-21(25-30-22)15-5-3-6-16(23)11-15/h3-12H,13H2,1-2H3. The highest BCUT2D eigenvalue weighted by Gasteiger charge is 2.17. The zero-order valence-electron chi connectivity index (χ0n) is 16.3. The summed E-state index contributed by atoms with van der Waals surface area (Å²) in [7, 11) is 3.08. The van der Waals surface area contributed by atoms with E-state index in [0.29, 0.717) is 39.5 Å². The molecule has 4 rings (SSSR count). The summed E-state index contributed by atoms with van der Waals surface area (Å²) in [4.78, 5) is 17.3. The van der Waals surface area contributed by atoms with Crippen molar-refractivity contribution in [1.29, 1.82) is 0 Å². The monoisotopic (exact) mass is 423 g/mol. The van der Waals surface area contributed by atoms with Gasteiger partial charge in [-0.05, 0) is 42.5 Å². The summed E-state index contributed by atoms with van der Waals surface area (Å²) in [5, 5.41) is 4.62. The van der Waals surface area contributed by atoms with Gasteiger partial charge >= 0.3 is 0 Å². The van der Waals surface area contributed by atoms with E-state index in [0.717, 1.165) is 5.56 Å². The molecule has 8 heteroatoms. The molecule has 0 aliphatic rings. The molecule has 7 nitrogen and oxygen atoms in total. The molecular formula is C22H18ClN3O4. The molecule has 4 aromatic rings. The third-order valence-corrected chi connectivity index (χ3v) is 4.81. The molecule has 0 aliphatic heterocycles. The number of ketones is 1. The maximum atomic E-state index is 12.8. The molecule has 0 saturated carbocycles. The highest BCUT2D eigenvalue weighted by atomic mass is 35.5. The lowest BCUT2D eigenvalue weighted by Gasteiger charge is -2.10. The van der Waals surface area contributed by atoms with Crippen molar-refractivity contribution < 1.29 is 18.8 Å². The topological polar surface area (TPSA) is 79.4 Å². The van der Waals surface area contributed by atoms with Crippen molar-refractivity contribution in [3.8, 4) is 34.5 Å². The van der Waals surface area contributed by atoms with Crippen LogP contribution in [0.25, 0.3) is 23.0 Å². The third-order valence-electron chi connectivity index (χ3n) is 4.58. The summed E-state index contributed by atoms with van der Waals surface area (Å²) in [5.74, 6) is 1.71. The molecule has 0 radical (unpaired) electrons. The highest BCUT2D eigenvalue weighted by Crippen LogP contribution is 2.28. The van der Waals surface area contributed by atoms with E-state index < -0.39 is 0 Å². The van der Waals surface area contributed by atoms with Gasteiger partial charge in [0.05, 0.1) is 20.8 Å². The normalized spacial score (nSPS) is 10.8. The van der Waals surface area contributed by atoms with Gasteiger partial charge in [0.1, 0.15) is 5.69 Å². The first-order chi connectivity index (χ1) is 14.6. The lowest BCUT2D eigenvalue weighted by Crippen LogP contribution is -2.11. The van der Waals surface area contributed by atoms with Crippen molar-refractivity contribution in [1.82, 2.24) is 14.7 Å². The van der Waals surface area contributed by atoms with Crippen LogP contribution in [0.15, 0.2) is 65.3 Å². The molecule has 2 aromatic carbocycles. The number of aromatic nitrogens is 3. The predicted molar refractivity (Wildman–Crippen MR) is 112 cm³/mol. The molecule has 0 spiro atoms. The highest BCUT2D eigenvalue weighted by molar-refractivity contribution is 6.30. The van der Waals surface area contributed by atoms with E-state index in [4.69, 9.17) is 25.6 Å². The molecule has 152 valence electrons. The number of carbonyl (C=O) groups is 1. The molecule has 2 aromatic heterocycles. The van der Waals surface area contributed by atoms with E-state index in [1.54, 1.807) is 48.2 Å². The zero-order chi connectivity index (χ0) is 21.1. The average Bonchev–Trinajstić information content (AvgIpc) is 3.42. The Morgan fingerprint density at radius 1 is 1.07 bits per heavy atom. The van der Waals surface area contributed by atoms with Crippen molar-refractivity contribution in [2.24, 2.45) is 0 Å². The van der Waals surface area contributed by atoms with Gasteiger partial charge in [0, 0.05) is 22.3 Å². The Hall–Kier alpha value is -3.58. The Kier molecular flexibility index (Phi) is 5.54. The number of halogens is 1. The Bertz CT molecular complexity index is 1200. The minimum atomic E-state index is -0.0945. The predicted octanol–water partition coefficient (Wildman–Crippen LogP) is 4.76. The summed E-state index contributed by atoms with van der Waals surface area (Å²) in [5.41, 5.74) is 1.90. The molecule has 0 unspecified atom stereocenters. The first-order valence-electron chi connectivity index (χ1n) is 9.09. The van der Waals surface area contributed by atoms with Gasteiger partial charge in [-0.2, -0.15) is 4.98 Å². The first kappa shape index (κ1) is 19.7. The number of nitrogens with zero attached hydrogens (tertiary/aromatic N) is 3. The van der Waals surface area contributed by atoms with Crippen LogP contribution in [0, 0.1) is 0 Å². The average molecular weight is 424 g/mol. The number of ether oxygens (including phenoxy) is 2. The van der Waals surface area contributed by atoms with E-state index in [9.17, 15) is 4.79 Å². The van der Waals surface area contributed by atoms with E-state index in [1.165, 1.54) is 7.11 Å². The minimum Gasteiger partial charge on any atom is -0.493 e. The number of carbonyl (C=O) groups excluding carboxylic acids is 1. The van der Waals surface area contributed by atoms with Gasteiger partial charge in [0.2, 0.25) is 5.82 Å². The molecule has 30 heavy (non-hydrogen) atoms. The maximum absolute atomic E-state index is 12.8. The summed E-state index contributed by atoms with van der Waals surface area (Å²) < 4.78 is 17.7. The molecule has 0 saturated heterocycles. The van der Waals surface area contributed by atoms with Gasteiger partial charge in [0.15, 0.2) is 17.3 Å². The Morgan fingerprint density at radius 2 is 1.90 bits per heavy atom. The number of rotatable bonds is 7. The number of hydrogen-bond donors (Lipinski definition) is 0. The molecule has 2 heterocycles. The molecule has 0 aliphatic carbocycles. The third kappa shape index (κ3) is 3.92.